The van der Waals surface area contributed by atoms with Crippen molar-refractivity contribution in [2.75, 3.05) is 26.2 Å². The van der Waals surface area contributed by atoms with Gasteiger partial charge in [-0.25, -0.2) is 8.42 Å². The second kappa shape index (κ2) is 7.46. The van der Waals surface area contributed by atoms with Crippen LogP contribution in [0, 0.1) is 6.92 Å². The van der Waals surface area contributed by atoms with Gasteiger partial charge < -0.3 is 14.9 Å². The van der Waals surface area contributed by atoms with Crippen molar-refractivity contribution in [2.24, 2.45) is 5.16 Å². The first-order valence-electron chi connectivity index (χ1n) is 9.60. The molecule has 152 valence electrons. The summed E-state index contributed by atoms with van der Waals surface area (Å²) in [5.41, 5.74) is 0.446. The molecule has 3 heterocycles. The smallest absolute Gasteiger partial charge is 0.269 e. The molecular weight excluding hydrogens is 382 g/mol. The van der Waals surface area contributed by atoms with Crippen LogP contribution in [0.25, 0.3) is 0 Å². The number of ether oxygens (including phenoxy) is 1. The maximum Gasteiger partial charge on any atom is 0.269 e. The normalized spacial score (nSPS) is 27.8. The summed E-state index contributed by atoms with van der Waals surface area (Å²) in [6.45, 7) is 3.59. The summed E-state index contributed by atoms with van der Waals surface area (Å²) in [4.78, 5) is 18.2. The molecule has 0 aliphatic carbocycles. The van der Waals surface area contributed by atoms with Crippen LogP contribution in [-0.4, -0.2) is 62.3 Å². The molecule has 1 spiro atoms. The second-order valence-corrected chi connectivity index (χ2v) is 9.68. The Balaban J connectivity index is 1.37. The van der Waals surface area contributed by atoms with Crippen molar-refractivity contribution in [3.63, 3.8) is 0 Å². The van der Waals surface area contributed by atoms with Crippen LogP contribution in [0.3, 0.4) is 0 Å². The summed E-state index contributed by atoms with van der Waals surface area (Å²) >= 11 is 0. The van der Waals surface area contributed by atoms with Crippen LogP contribution in [0.15, 0.2) is 34.3 Å². The van der Waals surface area contributed by atoms with Gasteiger partial charge in [0.2, 0.25) is 10.0 Å². The highest BCUT2D eigenvalue weighted by Crippen LogP contribution is 2.36. The Bertz CT molecular complexity index is 895. The van der Waals surface area contributed by atoms with Gasteiger partial charge in [-0.15, -0.1) is 0 Å². The van der Waals surface area contributed by atoms with E-state index in [-0.39, 0.29) is 23.5 Å². The molecular formula is C19H25N3O5S. The molecule has 28 heavy (non-hydrogen) atoms. The van der Waals surface area contributed by atoms with Crippen LogP contribution in [-0.2, 0) is 24.4 Å². The molecule has 2 saturated heterocycles. The van der Waals surface area contributed by atoms with E-state index in [1.807, 2.05) is 13.0 Å². The summed E-state index contributed by atoms with van der Waals surface area (Å²) in [6.07, 6.45) is 2.83. The molecule has 3 aliphatic heterocycles. The minimum Gasteiger partial charge on any atom is -0.387 e. The molecule has 3 aliphatic rings. The maximum atomic E-state index is 12.9. The van der Waals surface area contributed by atoms with Crippen molar-refractivity contribution in [1.29, 1.82) is 0 Å². The van der Waals surface area contributed by atoms with Crippen molar-refractivity contribution in [1.82, 2.24) is 9.62 Å². The fourth-order valence-electron chi connectivity index (χ4n) is 3.91. The highest BCUT2D eigenvalue weighted by atomic mass is 32.2. The minimum atomic E-state index is -3.60. The number of benzene rings is 1. The third-order valence-electron chi connectivity index (χ3n) is 5.52. The molecule has 0 aromatic heterocycles. The van der Waals surface area contributed by atoms with E-state index in [1.165, 1.54) is 4.31 Å². The lowest BCUT2D eigenvalue weighted by atomic mass is 9.96. The molecule has 0 bridgehead atoms. The monoisotopic (exact) mass is 407 g/mol. The lowest BCUT2D eigenvalue weighted by molar-refractivity contribution is -0.115. The molecule has 1 amide bonds. The van der Waals surface area contributed by atoms with E-state index in [0.717, 1.165) is 25.0 Å². The van der Waals surface area contributed by atoms with Crippen molar-refractivity contribution < 1.29 is 22.8 Å². The van der Waals surface area contributed by atoms with Gasteiger partial charge in [0.15, 0.2) is 5.60 Å². The highest BCUT2D eigenvalue weighted by Gasteiger charge is 2.49. The summed E-state index contributed by atoms with van der Waals surface area (Å²) < 4.78 is 32.8. The zero-order valence-electron chi connectivity index (χ0n) is 15.9. The van der Waals surface area contributed by atoms with Gasteiger partial charge >= 0.3 is 0 Å². The van der Waals surface area contributed by atoms with Crippen LogP contribution in [0.2, 0.25) is 0 Å². The molecule has 9 heteroatoms. The maximum absolute atomic E-state index is 12.9. The number of sulfonamides is 1. The minimum absolute atomic E-state index is 0.0577. The number of rotatable bonds is 5. The number of carbonyl (C=O) groups is 1. The number of hydrogen-bond donors (Lipinski definition) is 1. The molecule has 0 saturated carbocycles. The van der Waals surface area contributed by atoms with E-state index in [0.29, 0.717) is 31.6 Å². The first-order valence-corrected chi connectivity index (χ1v) is 11.0. The average molecular weight is 407 g/mol. The van der Waals surface area contributed by atoms with Crippen LogP contribution in [0.4, 0.5) is 0 Å². The van der Waals surface area contributed by atoms with Crippen molar-refractivity contribution in [3.8, 4) is 0 Å². The zero-order chi connectivity index (χ0) is 19.8. The quantitative estimate of drug-likeness (QED) is 0.791. The number of oxime groups is 1. The molecule has 1 N–H and O–H groups in total. The van der Waals surface area contributed by atoms with Gasteiger partial charge in [-0.05, 0) is 37.5 Å². The van der Waals surface area contributed by atoms with Gasteiger partial charge in [0, 0.05) is 32.5 Å². The van der Waals surface area contributed by atoms with E-state index < -0.39 is 15.6 Å². The van der Waals surface area contributed by atoms with E-state index in [2.05, 4.69) is 10.5 Å². The zero-order valence-corrected chi connectivity index (χ0v) is 16.7. The molecule has 2 atom stereocenters. The van der Waals surface area contributed by atoms with Gasteiger partial charge in [0.1, 0.15) is 5.71 Å². The van der Waals surface area contributed by atoms with Crippen molar-refractivity contribution in [3.05, 3.63) is 29.8 Å². The second-order valence-electron chi connectivity index (χ2n) is 7.74. The van der Waals surface area contributed by atoms with Gasteiger partial charge in [-0.2, -0.15) is 4.31 Å². The summed E-state index contributed by atoms with van der Waals surface area (Å²) in [6, 6.07) is 6.86. The Hall–Kier alpha value is -1.97. The predicted molar refractivity (Wildman–Crippen MR) is 102 cm³/mol. The largest absolute Gasteiger partial charge is 0.387 e. The number of carbonyl (C=O) groups excluding carboxylic acids is 1. The third-order valence-corrected chi connectivity index (χ3v) is 7.37. The summed E-state index contributed by atoms with van der Waals surface area (Å²) in [5, 5.41) is 6.80. The van der Waals surface area contributed by atoms with Crippen molar-refractivity contribution in [2.45, 2.75) is 49.2 Å². The van der Waals surface area contributed by atoms with Gasteiger partial charge in [0.25, 0.3) is 5.91 Å². The van der Waals surface area contributed by atoms with Gasteiger partial charge in [-0.1, -0.05) is 17.3 Å². The lowest BCUT2D eigenvalue weighted by Crippen LogP contribution is -2.40. The van der Waals surface area contributed by atoms with Crippen LogP contribution >= 0.6 is 0 Å². The summed E-state index contributed by atoms with van der Waals surface area (Å²) in [7, 11) is -3.60. The fourth-order valence-corrected chi connectivity index (χ4v) is 5.53. The fraction of sp³-hybridized carbons (Fsp3) is 0.579. The molecule has 1 aromatic carbocycles. The van der Waals surface area contributed by atoms with E-state index in [1.54, 1.807) is 18.2 Å². The van der Waals surface area contributed by atoms with Gasteiger partial charge in [-0.3, -0.25) is 4.79 Å². The molecule has 0 radical (unpaired) electrons. The van der Waals surface area contributed by atoms with Crippen LogP contribution in [0.1, 0.15) is 31.2 Å². The molecule has 1 aromatic rings. The SMILES string of the molecule is Cc1cccc(S(=O)(=O)N2CC[C@@]3(CC(C(=O)NC[C@@H]4CCCO4)=NO3)C2)c1. The molecule has 2 fully saturated rings. The number of amides is 1. The standard InChI is InChI=1S/C19H25N3O5S/c1-14-4-2-6-16(10-14)28(24,25)22-8-7-19(13-22)11-17(21-27-19)18(23)20-12-15-5-3-9-26-15/h2,4,6,10,15H,3,5,7-9,11-13H2,1H3,(H,20,23)/t15-,19+/m0/s1. The Morgan fingerprint density at radius 3 is 3.04 bits per heavy atom. The Kier molecular flexibility index (Phi) is 5.15. The van der Waals surface area contributed by atoms with E-state index in [4.69, 9.17) is 9.57 Å². The van der Waals surface area contributed by atoms with Gasteiger partial charge in [0.05, 0.1) is 17.5 Å². The topological polar surface area (TPSA) is 97.3 Å². The Labute approximate surface area is 164 Å². The highest BCUT2D eigenvalue weighted by molar-refractivity contribution is 7.89. The molecule has 0 unspecified atom stereocenters. The average Bonchev–Trinajstić information content (AvgIpc) is 3.42. The predicted octanol–water partition coefficient (Wildman–Crippen LogP) is 1.20. The van der Waals surface area contributed by atoms with E-state index >= 15 is 0 Å². The molecule has 8 nitrogen and oxygen atoms in total. The number of nitrogens with zero attached hydrogens (tertiary/aromatic N) is 2. The van der Waals surface area contributed by atoms with Crippen LogP contribution in [0.5, 0.6) is 0 Å². The lowest BCUT2D eigenvalue weighted by Gasteiger charge is -2.21. The van der Waals surface area contributed by atoms with E-state index in [9.17, 15) is 13.2 Å². The number of nitrogens with one attached hydrogen (secondary N) is 1. The van der Waals surface area contributed by atoms with Crippen LogP contribution < -0.4 is 5.32 Å². The Morgan fingerprint density at radius 1 is 1.43 bits per heavy atom. The molecule has 4 rings (SSSR count). The summed E-state index contributed by atoms with van der Waals surface area (Å²) in [5.74, 6) is -0.271. The third kappa shape index (κ3) is 3.78. The number of aryl methyl sites for hydroxylation is 1. The first-order chi connectivity index (χ1) is 13.4. The Morgan fingerprint density at radius 2 is 2.29 bits per heavy atom. The first kappa shape index (κ1) is 19.4. The number of hydrogen-bond acceptors (Lipinski definition) is 6. The van der Waals surface area contributed by atoms with Crippen molar-refractivity contribution >= 4 is 21.6 Å².